The molecule has 174 valence electrons. The number of benzene rings is 3. The molecule has 0 spiro atoms. The molecule has 4 heteroatoms. The Labute approximate surface area is 205 Å². The third-order valence-electron chi connectivity index (χ3n) is 6.86. The number of rotatable bonds is 4. The molecule has 4 nitrogen and oxygen atoms in total. The smallest absolute Gasteiger partial charge is 0.178 e. The maximum absolute atomic E-state index is 6.43. The minimum atomic E-state index is 0.355. The van der Waals surface area contributed by atoms with Crippen molar-refractivity contribution in [2.24, 2.45) is 0 Å². The first kappa shape index (κ1) is 21.6. The number of aryl methyl sites for hydroxylation is 1. The molecule has 0 saturated heterocycles. The quantitative estimate of drug-likeness (QED) is 0.265. The first-order chi connectivity index (χ1) is 16.9. The number of pyridine rings is 1. The normalized spacial score (nSPS) is 12.1. The lowest BCUT2D eigenvalue weighted by Crippen LogP contribution is -2.08. The Bertz CT molecular complexity index is 1690. The number of fused-ring (bicyclic) bond motifs is 4. The van der Waals surface area contributed by atoms with Gasteiger partial charge in [0.15, 0.2) is 11.5 Å². The van der Waals surface area contributed by atoms with Gasteiger partial charge in [-0.25, -0.2) is 9.97 Å². The highest BCUT2D eigenvalue weighted by atomic mass is 16.3. The first-order valence-corrected chi connectivity index (χ1v) is 12.3. The Morgan fingerprint density at radius 1 is 0.800 bits per heavy atom. The van der Waals surface area contributed by atoms with Crippen LogP contribution >= 0.6 is 0 Å². The van der Waals surface area contributed by atoms with Crippen LogP contribution in [0.1, 0.15) is 56.2 Å². The molecule has 0 aliphatic heterocycles. The van der Waals surface area contributed by atoms with Crippen molar-refractivity contribution in [2.75, 3.05) is 0 Å². The zero-order chi connectivity index (χ0) is 24.3. The lowest BCUT2D eigenvalue weighted by molar-refractivity contribution is 0.669. The van der Waals surface area contributed by atoms with E-state index in [1.165, 1.54) is 16.8 Å². The van der Waals surface area contributed by atoms with Gasteiger partial charge < -0.3 is 4.42 Å². The second-order valence-electron chi connectivity index (χ2n) is 10.0. The van der Waals surface area contributed by atoms with Gasteiger partial charge in [-0.3, -0.25) is 4.57 Å². The Morgan fingerprint density at radius 3 is 2.23 bits per heavy atom. The van der Waals surface area contributed by atoms with Crippen LogP contribution in [0.15, 0.2) is 77.3 Å². The molecular formula is C31H29N3O. The molecule has 0 N–H and O–H groups in total. The second kappa shape index (κ2) is 8.09. The van der Waals surface area contributed by atoms with Gasteiger partial charge in [-0.1, -0.05) is 76.2 Å². The molecule has 0 bridgehead atoms. The summed E-state index contributed by atoms with van der Waals surface area (Å²) >= 11 is 0. The zero-order valence-electron chi connectivity index (χ0n) is 20.8. The number of hydrogen-bond donors (Lipinski definition) is 0. The standard InChI is InChI=1S/C31H29N3O/c1-18(2)21-11-8-12-22(19(3)4)28(21)34-26-16-20(5)17-32-30(26)33-31(34)25-14-9-13-24-23-10-6-7-15-27(23)35-29(24)25/h6-19H,1-5H3. The van der Waals surface area contributed by atoms with E-state index in [-0.39, 0.29) is 0 Å². The van der Waals surface area contributed by atoms with Gasteiger partial charge in [0.2, 0.25) is 0 Å². The van der Waals surface area contributed by atoms with Crippen LogP contribution in [-0.4, -0.2) is 14.5 Å². The fourth-order valence-corrected chi connectivity index (χ4v) is 5.16. The van der Waals surface area contributed by atoms with E-state index in [2.05, 4.69) is 93.8 Å². The van der Waals surface area contributed by atoms with Crippen LogP contribution < -0.4 is 0 Å². The highest BCUT2D eigenvalue weighted by Gasteiger charge is 2.24. The summed E-state index contributed by atoms with van der Waals surface area (Å²) in [6.07, 6.45) is 1.89. The van der Waals surface area contributed by atoms with Gasteiger partial charge in [0.25, 0.3) is 0 Å². The predicted octanol–water partition coefficient (Wildman–Crippen LogP) is 8.54. The Balaban J connectivity index is 1.78. The van der Waals surface area contributed by atoms with Gasteiger partial charge in [-0.15, -0.1) is 0 Å². The summed E-state index contributed by atoms with van der Waals surface area (Å²) in [5, 5.41) is 2.22. The molecule has 0 radical (unpaired) electrons. The van der Waals surface area contributed by atoms with E-state index in [9.17, 15) is 0 Å². The van der Waals surface area contributed by atoms with E-state index < -0.39 is 0 Å². The van der Waals surface area contributed by atoms with Crippen molar-refractivity contribution >= 4 is 33.1 Å². The third kappa shape index (κ3) is 3.35. The average molecular weight is 460 g/mol. The Kier molecular flexibility index (Phi) is 4.99. The van der Waals surface area contributed by atoms with Gasteiger partial charge >= 0.3 is 0 Å². The molecule has 3 heterocycles. The molecule has 0 aliphatic carbocycles. The second-order valence-corrected chi connectivity index (χ2v) is 10.0. The van der Waals surface area contributed by atoms with Crippen molar-refractivity contribution < 1.29 is 4.42 Å². The average Bonchev–Trinajstić information content (AvgIpc) is 3.41. The highest BCUT2D eigenvalue weighted by Crippen LogP contribution is 2.40. The van der Waals surface area contributed by atoms with Crippen molar-refractivity contribution in [3.63, 3.8) is 0 Å². The van der Waals surface area contributed by atoms with Gasteiger partial charge in [-0.2, -0.15) is 0 Å². The Hall–Kier alpha value is -3.92. The largest absolute Gasteiger partial charge is 0.455 e. The van der Waals surface area contributed by atoms with Crippen LogP contribution in [0.5, 0.6) is 0 Å². The SMILES string of the molecule is Cc1cnc2nc(-c3cccc4c3oc3ccccc34)n(-c3c(C(C)C)cccc3C(C)C)c2c1. The summed E-state index contributed by atoms with van der Waals surface area (Å²) in [7, 11) is 0. The van der Waals surface area contributed by atoms with E-state index in [1.54, 1.807) is 0 Å². The molecule has 35 heavy (non-hydrogen) atoms. The van der Waals surface area contributed by atoms with Gasteiger partial charge in [0.1, 0.15) is 11.2 Å². The number of hydrogen-bond acceptors (Lipinski definition) is 3. The highest BCUT2D eigenvalue weighted by molar-refractivity contribution is 6.09. The van der Waals surface area contributed by atoms with E-state index >= 15 is 0 Å². The predicted molar refractivity (Wildman–Crippen MR) is 144 cm³/mol. The maximum Gasteiger partial charge on any atom is 0.178 e. The van der Waals surface area contributed by atoms with Gasteiger partial charge in [-0.05, 0) is 53.6 Å². The fraction of sp³-hybridized carbons (Fsp3) is 0.226. The van der Waals surface area contributed by atoms with Crippen LogP contribution in [0.2, 0.25) is 0 Å². The minimum absolute atomic E-state index is 0.355. The van der Waals surface area contributed by atoms with E-state index in [1.807, 2.05) is 18.3 Å². The van der Waals surface area contributed by atoms with Crippen LogP contribution in [-0.2, 0) is 0 Å². The van der Waals surface area contributed by atoms with Crippen molar-refractivity contribution in [2.45, 2.75) is 46.5 Å². The lowest BCUT2D eigenvalue weighted by atomic mass is 9.92. The molecule has 0 saturated carbocycles. The molecule has 0 unspecified atom stereocenters. The lowest BCUT2D eigenvalue weighted by Gasteiger charge is -2.22. The number of imidazole rings is 1. The molecule has 6 aromatic rings. The molecule has 3 aromatic heterocycles. The molecule has 3 aromatic carbocycles. The maximum atomic E-state index is 6.43. The van der Waals surface area contributed by atoms with Crippen LogP contribution in [0.25, 0.3) is 50.2 Å². The Morgan fingerprint density at radius 2 is 1.49 bits per heavy atom. The summed E-state index contributed by atoms with van der Waals surface area (Å²) in [5.41, 5.74) is 9.39. The minimum Gasteiger partial charge on any atom is -0.455 e. The van der Waals surface area contributed by atoms with E-state index in [0.29, 0.717) is 11.8 Å². The monoisotopic (exact) mass is 459 g/mol. The number of furan rings is 1. The van der Waals surface area contributed by atoms with Crippen molar-refractivity contribution in [1.82, 2.24) is 14.5 Å². The van der Waals surface area contributed by atoms with Crippen molar-refractivity contribution in [1.29, 1.82) is 0 Å². The van der Waals surface area contributed by atoms with Crippen LogP contribution in [0.3, 0.4) is 0 Å². The zero-order valence-corrected chi connectivity index (χ0v) is 20.8. The summed E-state index contributed by atoms with van der Waals surface area (Å²) < 4.78 is 8.75. The molecular weight excluding hydrogens is 430 g/mol. The summed E-state index contributed by atoms with van der Waals surface area (Å²) in [6.45, 7) is 11.1. The van der Waals surface area contributed by atoms with E-state index in [0.717, 1.165) is 50.1 Å². The fourth-order valence-electron chi connectivity index (χ4n) is 5.16. The third-order valence-corrected chi connectivity index (χ3v) is 6.86. The van der Waals surface area contributed by atoms with Crippen molar-refractivity contribution in [3.8, 4) is 17.1 Å². The molecule has 0 aliphatic rings. The summed E-state index contributed by atoms with van der Waals surface area (Å²) in [4.78, 5) is 9.84. The van der Waals surface area contributed by atoms with Crippen LogP contribution in [0, 0.1) is 6.92 Å². The first-order valence-electron chi connectivity index (χ1n) is 12.3. The topological polar surface area (TPSA) is 43.9 Å². The number of aromatic nitrogens is 3. The van der Waals surface area contributed by atoms with Gasteiger partial charge in [0.05, 0.1) is 16.8 Å². The molecule has 6 rings (SSSR count). The van der Waals surface area contributed by atoms with Crippen LogP contribution in [0.4, 0.5) is 0 Å². The summed E-state index contributed by atoms with van der Waals surface area (Å²) in [5.74, 6) is 1.57. The molecule has 0 amide bonds. The van der Waals surface area contributed by atoms with Gasteiger partial charge in [0, 0.05) is 17.0 Å². The summed E-state index contributed by atoms with van der Waals surface area (Å²) in [6, 6.07) is 23.4. The molecule has 0 fully saturated rings. The number of nitrogens with zero attached hydrogens (tertiary/aromatic N) is 3. The molecule has 0 atom stereocenters. The van der Waals surface area contributed by atoms with E-state index in [4.69, 9.17) is 14.4 Å². The van der Waals surface area contributed by atoms with Crippen molar-refractivity contribution in [3.05, 3.63) is 89.6 Å². The number of para-hydroxylation sites is 3.